The van der Waals surface area contributed by atoms with Crippen LogP contribution in [0, 0.1) is 0 Å². The van der Waals surface area contributed by atoms with Gasteiger partial charge in [0.1, 0.15) is 0 Å². The first-order valence-corrected chi connectivity index (χ1v) is 6.54. The van der Waals surface area contributed by atoms with Crippen molar-refractivity contribution in [3.8, 4) is 0 Å². The SMILES string of the molecule is CC.CN(C)COCc1ccccc1C(=O)N(C)C. The van der Waals surface area contributed by atoms with E-state index in [-0.39, 0.29) is 5.91 Å². The van der Waals surface area contributed by atoms with Gasteiger partial charge in [0, 0.05) is 19.7 Å². The van der Waals surface area contributed by atoms with E-state index in [4.69, 9.17) is 4.74 Å². The van der Waals surface area contributed by atoms with E-state index in [1.54, 1.807) is 19.0 Å². The van der Waals surface area contributed by atoms with Crippen LogP contribution in [0.2, 0.25) is 0 Å². The number of benzene rings is 1. The summed E-state index contributed by atoms with van der Waals surface area (Å²) in [6.45, 7) is 5.00. The molecule has 0 atom stereocenters. The van der Waals surface area contributed by atoms with Crippen molar-refractivity contribution < 1.29 is 9.53 Å². The standard InChI is InChI=1S/C13H20N2O2.C2H6/c1-14(2)10-17-9-11-7-5-6-8-12(11)13(16)15(3)4;1-2/h5-8H,9-10H2,1-4H3;1-2H3. The van der Waals surface area contributed by atoms with E-state index in [2.05, 4.69) is 0 Å². The van der Waals surface area contributed by atoms with Crippen LogP contribution in [0.5, 0.6) is 0 Å². The van der Waals surface area contributed by atoms with Gasteiger partial charge in [0.15, 0.2) is 0 Å². The fraction of sp³-hybridized carbons (Fsp3) is 0.533. The Morgan fingerprint density at radius 1 is 1.11 bits per heavy atom. The van der Waals surface area contributed by atoms with Crippen LogP contribution in [-0.2, 0) is 11.3 Å². The van der Waals surface area contributed by atoms with Crippen LogP contribution in [-0.4, -0.2) is 50.6 Å². The molecular weight excluding hydrogens is 240 g/mol. The summed E-state index contributed by atoms with van der Waals surface area (Å²) in [5.74, 6) is 0.00838. The van der Waals surface area contributed by atoms with E-state index in [1.807, 2.05) is 57.1 Å². The maximum Gasteiger partial charge on any atom is 0.253 e. The molecule has 0 saturated heterocycles. The van der Waals surface area contributed by atoms with Gasteiger partial charge in [-0.3, -0.25) is 9.69 Å². The van der Waals surface area contributed by atoms with Crippen molar-refractivity contribution in [2.45, 2.75) is 20.5 Å². The first-order valence-electron chi connectivity index (χ1n) is 6.54. The van der Waals surface area contributed by atoms with Gasteiger partial charge >= 0.3 is 0 Å². The molecule has 0 unspecified atom stereocenters. The number of carbonyl (C=O) groups is 1. The summed E-state index contributed by atoms with van der Waals surface area (Å²) >= 11 is 0. The largest absolute Gasteiger partial charge is 0.361 e. The monoisotopic (exact) mass is 266 g/mol. The summed E-state index contributed by atoms with van der Waals surface area (Å²) in [4.78, 5) is 15.4. The van der Waals surface area contributed by atoms with Crippen LogP contribution in [0.4, 0.5) is 0 Å². The van der Waals surface area contributed by atoms with E-state index in [0.717, 1.165) is 5.56 Å². The van der Waals surface area contributed by atoms with Crippen LogP contribution < -0.4 is 0 Å². The lowest BCUT2D eigenvalue weighted by Crippen LogP contribution is -2.23. The van der Waals surface area contributed by atoms with Gasteiger partial charge in [-0.1, -0.05) is 32.0 Å². The third-order valence-corrected chi connectivity index (χ3v) is 2.26. The molecular formula is C15H26N2O2. The minimum Gasteiger partial charge on any atom is -0.361 e. The van der Waals surface area contributed by atoms with Gasteiger partial charge < -0.3 is 9.64 Å². The molecule has 19 heavy (non-hydrogen) atoms. The van der Waals surface area contributed by atoms with Crippen molar-refractivity contribution in [3.63, 3.8) is 0 Å². The van der Waals surface area contributed by atoms with E-state index >= 15 is 0 Å². The summed E-state index contributed by atoms with van der Waals surface area (Å²) in [5, 5.41) is 0. The lowest BCUT2D eigenvalue weighted by atomic mass is 10.1. The molecule has 0 fully saturated rings. The van der Waals surface area contributed by atoms with E-state index < -0.39 is 0 Å². The Bertz CT molecular complexity index is 376. The molecule has 0 saturated carbocycles. The van der Waals surface area contributed by atoms with Gasteiger partial charge in [-0.2, -0.15) is 0 Å². The zero-order valence-corrected chi connectivity index (χ0v) is 12.9. The molecule has 0 spiro atoms. The van der Waals surface area contributed by atoms with Gasteiger partial charge in [0.05, 0.1) is 13.3 Å². The molecule has 0 bridgehead atoms. The maximum absolute atomic E-state index is 11.9. The molecule has 1 aromatic rings. The van der Waals surface area contributed by atoms with Crippen LogP contribution in [0.25, 0.3) is 0 Å². The minimum atomic E-state index is 0.00838. The van der Waals surface area contributed by atoms with Crippen molar-refractivity contribution >= 4 is 5.91 Å². The second kappa shape index (κ2) is 9.53. The van der Waals surface area contributed by atoms with E-state index in [9.17, 15) is 4.79 Å². The highest BCUT2D eigenvalue weighted by atomic mass is 16.5. The molecule has 1 rings (SSSR count). The molecule has 0 radical (unpaired) electrons. The van der Waals surface area contributed by atoms with Crippen molar-refractivity contribution in [1.29, 1.82) is 0 Å². The number of ether oxygens (including phenoxy) is 1. The van der Waals surface area contributed by atoms with Crippen LogP contribution >= 0.6 is 0 Å². The van der Waals surface area contributed by atoms with E-state index in [1.165, 1.54) is 0 Å². The highest BCUT2D eigenvalue weighted by Crippen LogP contribution is 2.12. The van der Waals surface area contributed by atoms with Crippen molar-refractivity contribution in [1.82, 2.24) is 9.80 Å². The van der Waals surface area contributed by atoms with Gasteiger partial charge in [-0.05, 0) is 25.7 Å². The first-order chi connectivity index (χ1) is 9.02. The smallest absolute Gasteiger partial charge is 0.253 e. The number of rotatable bonds is 5. The Hall–Kier alpha value is -1.39. The fourth-order valence-corrected chi connectivity index (χ4v) is 1.43. The highest BCUT2D eigenvalue weighted by Gasteiger charge is 2.12. The Labute approximate surface area is 117 Å². The van der Waals surface area contributed by atoms with E-state index in [0.29, 0.717) is 18.9 Å². The Morgan fingerprint density at radius 2 is 1.68 bits per heavy atom. The average Bonchev–Trinajstić information content (AvgIpc) is 2.40. The summed E-state index contributed by atoms with van der Waals surface area (Å²) in [6, 6.07) is 7.54. The predicted molar refractivity (Wildman–Crippen MR) is 79.2 cm³/mol. The van der Waals surface area contributed by atoms with Gasteiger partial charge in [0.25, 0.3) is 5.91 Å². The highest BCUT2D eigenvalue weighted by molar-refractivity contribution is 5.95. The molecule has 1 aromatic carbocycles. The third-order valence-electron chi connectivity index (χ3n) is 2.26. The summed E-state index contributed by atoms with van der Waals surface area (Å²) in [6.07, 6.45) is 0. The lowest BCUT2D eigenvalue weighted by Gasteiger charge is -2.15. The zero-order chi connectivity index (χ0) is 14.8. The predicted octanol–water partition coefficient (Wildman–Crippen LogP) is 2.45. The zero-order valence-electron chi connectivity index (χ0n) is 12.9. The maximum atomic E-state index is 11.9. The van der Waals surface area contributed by atoms with Crippen LogP contribution in [0.1, 0.15) is 29.8 Å². The molecule has 108 valence electrons. The summed E-state index contributed by atoms with van der Waals surface area (Å²) in [7, 11) is 7.38. The normalized spacial score (nSPS) is 9.84. The first kappa shape index (κ1) is 17.6. The minimum absolute atomic E-state index is 0.00838. The second-order valence-electron chi connectivity index (χ2n) is 4.41. The average molecular weight is 266 g/mol. The van der Waals surface area contributed by atoms with Crippen LogP contribution in [0.3, 0.4) is 0 Å². The van der Waals surface area contributed by atoms with Crippen molar-refractivity contribution in [3.05, 3.63) is 35.4 Å². The Morgan fingerprint density at radius 3 is 2.21 bits per heavy atom. The third kappa shape index (κ3) is 6.36. The number of hydrogen-bond acceptors (Lipinski definition) is 3. The molecule has 0 aliphatic rings. The number of amides is 1. The number of nitrogens with zero attached hydrogens (tertiary/aromatic N) is 2. The van der Waals surface area contributed by atoms with Crippen molar-refractivity contribution in [2.75, 3.05) is 34.9 Å². The number of hydrogen-bond donors (Lipinski definition) is 0. The van der Waals surface area contributed by atoms with Gasteiger partial charge in [0.2, 0.25) is 0 Å². The Balaban J connectivity index is 0.00000154. The molecule has 4 nitrogen and oxygen atoms in total. The van der Waals surface area contributed by atoms with Crippen LogP contribution in [0.15, 0.2) is 24.3 Å². The molecule has 0 N–H and O–H groups in total. The lowest BCUT2D eigenvalue weighted by molar-refractivity contribution is 0.0443. The summed E-state index contributed by atoms with van der Waals surface area (Å²) in [5.41, 5.74) is 1.63. The molecule has 1 amide bonds. The summed E-state index contributed by atoms with van der Waals surface area (Å²) < 4.78 is 5.51. The molecule has 4 heteroatoms. The molecule has 0 aliphatic carbocycles. The number of carbonyl (C=O) groups excluding carboxylic acids is 1. The molecule has 0 heterocycles. The Kier molecular flexibility index (Phi) is 8.83. The van der Waals surface area contributed by atoms with Gasteiger partial charge in [-0.25, -0.2) is 0 Å². The van der Waals surface area contributed by atoms with Crippen molar-refractivity contribution in [2.24, 2.45) is 0 Å². The second-order valence-corrected chi connectivity index (χ2v) is 4.41. The quantitative estimate of drug-likeness (QED) is 0.767. The fourth-order valence-electron chi connectivity index (χ4n) is 1.43. The van der Waals surface area contributed by atoms with Gasteiger partial charge in [-0.15, -0.1) is 0 Å². The molecule has 0 aromatic heterocycles. The molecule has 0 aliphatic heterocycles. The topological polar surface area (TPSA) is 32.8 Å².